The maximum atomic E-state index is 6.55. The predicted octanol–water partition coefficient (Wildman–Crippen LogP) is 10.4. The Labute approximate surface area is 214 Å². The summed E-state index contributed by atoms with van der Waals surface area (Å²) in [5.41, 5.74) is 6.86. The Bertz CT molecular complexity index is 2070. The first-order valence-corrected chi connectivity index (χ1v) is 12.7. The molecule has 0 N–H and O–H groups in total. The van der Waals surface area contributed by atoms with E-state index in [1.165, 1.54) is 54.6 Å². The molecule has 0 fully saturated rings. The van der Waals surface area contributed by atoms with Crippen molar-refractivity contribution < 1.29 is 4.42 Å². The largest absolute Gasteiger partial charge is 0.455 e. The first-order valence-electron chi connectivity index (χ1n) is 12.7. The van der Waals surface area contributed by atoms with Crippen molar-refractivity contribution in [2.45, 2.75) is 0 Å². The lowest BCUT2D eigenvalue weighted by molar-refractivity contribution is 0.673. The highest BCUT2D eigenvalue weighted by atomic mass is 16.3. The molecule has 0 amide bonds. The minimum atomic E-state index is 0.921. The first-order chi connectivity index (χ1) is 18.4. The lowest BCUT2D eigenvalue weighted by Crippen LogP contribution is -1.91. The van der Waals surface area contributed by atoms with Crippen molar-refractivity contribution in [3.05, 3.63) is 133 Å². The summed E-state index contributed by atoms with van der Waals surface area (Å²) < 4.78 is 6.55. The molecule has 0 radical (unpaired) electrons. The quantitative estimate of drug-likeness (QED) is 0.229. The molecule has 7 aromatic carbocycles. The minimum Gasteiger partial charge on any atom is -0.455 e. The highest BCUT2D eigenvalue weighted by Gasteiger charge is 2.21. The Kier molecular flexibility index (Phi) is 4.29. The van der Waals surface area contributed by atoms with E-state index < -0.39 is 0 Å². The molecule has 0 aliphatic carbocycles. The molecule has 8 rings (SSSR count). The topological polar surface area (TPSA) is 13.1 Å². The molecule has 8 aromatic rings. The van der Waals surface area contributed by atoms with E-state index in [0.29, 0.717) is 0 Å². The van der Waals surface area contributed by atoms with E-state index in [2.05, 4.69) is 127 Å². The van der Waals surface area contributed by atoms with Crippen LogP contribution in [0.25, 0.3) is 76.5 Å². The van der Waals surface area contributed by atoms with Gasteiger partial charge in [0.1, 0.15) is 11.2 Å². The SMILES string of the molecule is c1ccc(-c2c3ccccc3c(-c3cc4ccccc4c4oc5ccccc5c34)c3ccccc23)cc1. The summed E-state index contributed by atoms with van der Waals surface area (Å²) in [5, 5.41) is 9.68. The second-order valence-corrected chi connectivity index (χ2v) is 9.65. The Morgan fingerprint density at radius 3 is 1.59 bits per heavy atom. The molecule has 0 atom stereocenters. The number of hydrogen-bond donors (Lipinski definition) is 0. The Morgan fingerprint density at radius 2 is 0.919 bits per heavy atom. The van der Waals surface area contributed by atoms with Gasteiger partial charge in [0.15, 0.2) is 0 Å². The second kappa shape index (κ2) is 7.81. The van der Waals surface area contributed by atoms with Gasteiger partial charge in [0.2, 0.25) is 0 Å². The third-order valence-electron chi connectivity index (χ3n) is 7.63. The van der Waals surface area contributed by atoms with Gasteiger partial charge in [0.05, 0.1) is 0 Å². The van der Waals surface area contributed by atoms with Crippen LogP contribution in [0.4, 0.5) is 0 Å². The van der Waals surface area contributed by atoms with Gasteiger partial charge in [-0.3, -0.25) is 0 Å². The van der Waals surface area contributed by atoms with Gasteiger partial charge in [0, 0.05) is 16.2 Å². The van der Waals surface area contributed by atoms with Crippen LogP contribution in [-0.4, -0.2) is 0 Å². The van der Waals surface area contributed by atoms with Crippen molar-refractivity contribution in [3.63, 3.8) is 0 Å². The molecule has 37 heavy (non-hydrogen) atoms. The van der Waals surface area contributed by atoms with Crippen molar-refractivity contribution in [1.82, 2.24) is 0 Å². The van der Waals surface area contributed by atoms with E-state index >= 15 is 0 Å². The second-order valence-electron chi connectivity index (χ2n) is 9.65. The molecule has 0 saturated heterocycles. The molecule has 1 nitrogen and oxygen atoms in total. The molecule has 1 heteroatoms. The number of fused-ring (bicyclic) bond motifs is 7. The van der Waals surface area contributed by atoms with E-state index in [9.17, 15) is 0 Å². The average Bonchev–Trinajstić information content (AvgIpc) is 3.36. The third kappa shape index (κ3) is 2.92. The number of hydrogen-bond acceptors (Lipinski definition) is 1. The summed E-state index contributed by atoms with van der Waals surface area (Å²) >= 11 is 0. The van der Waals surface area contributed by atoms with Crippen molar-refractivity contribution in [2.24, 2.45) is 0 Å². The molecular weight excluding hydrogens is 448 g/mol. The zero-order chi connectivity index (χ0) is 24.3. The van der Waals surface area contributed by atoms with Crippen LogP contribution in [0.1, 0.15) is 0 Å². The fraction of sp³-hybridized carbons (Fsp3) is 0. The maximum absolute atomic E-state index is 6.55. The minimum absolute atomic E-state index is 0.921. The van der Waals surface area contributed by atoms with E-state index in [4.69, 9.17) is 4.42 Å². The van der Waals surface area contributed by atoms with Crippen molar-refractivity contribution in [3.8, 4) is 22.3 Å². The van der Waals surface area contributed by atoms with Gasteiger partial charge in [-0.15, -0.1) is 0 Å². The van der Waals surface area contributed by atoms with Crippen molar-refractivity contribution in [2.75, 3.05) is 0 Å². The Balaban J connectivity index is 1.64. The van der Waals surface area contributed by atoms with Gasteiger partial charge < -0.3 is 4.42 Å². The van der Waals surface area contributed by atoms with Crippen LogP contribution < -0.4 is 0 Å². The number of benzene rings is 7. The molecular formula is C36H22O. The Morgan fingerprint density at radius 1 is 0.405 bits per heavy atom. The zero-order valence-corrected chi connectivity index (χ0v) is 20.1. The lowest BCUT2D eigenvalue weighted by Gasteiger charge is -2.18. The van der Waals surface area contributed by atoms with Crippen molar-refractivity contribution >= 4 is 54.3 Å². The van der Waals surface area contributed by atoms with Crippen LogP contribution in [0.15, 0.2) is 138 Å². The summed E-state index contributed by atoms with van der Waals surface area (Å²) in [4.78, 5) is 0. The van der Waals surface area contributed by atoms with Crippen LogP contribution in [0.5, 0.6) is 0 Å². The fourth-order valence-corrected chi connectivity index (χ4v) is 6.09. The van der Waals surface area contributed by atoms with Gasteiger partial charge >= 0.3 is 0 Å². The third-order valence-corrected chi connectivity index (χ3v) is 7.63. The van der Waals surface area contributed by atoms with Gasteiger partial charge in [-0.05, 0) is 61.3 Å². The summed E-state index contributed by atoms with van der Waals surface area (Å²) in [5.74, 6) is 0. The molecule has 0 aliphatic rings. The zero-order valence-electron chi connectivity index (χ0n) is 20.1. The van der Waals surface area contributed by atoms with Crippen LogP contribution in [-0.2, 0) is 0 Å². The van der Waals surface area contributed by atoms with E-state index in [1.54, 1.807) is 0 Å². The van der Waals surface area contributed by atoms with Crippen LogP contribution in [0, 0.1) is 0 Å². The molecule has 0 spiro atoms. The fourth-order valence-electron chi connectivity index (χ4n) is 6.09. The molecule has 0 unspecified atom stereocenters. The normalized spacial score (nSPS) is 11.8. The monoisotopic (exact) mass is 470 g/mol. The number of furan rings is 1. The van der Waals surface area contributed by atoms with E-state index in [0.717, 1.165) is 21.9 Å². The Hall–Kier alpha value is -4.88. The van der Waals surface area contributed by atoms with Gasteiger partial charge in [0.25, 0.3) is 0 Å². The standard InChI is InChI=1S/C36H22O/c1-2-12-23(13-3-1)33-26-16-6-8-18-28(26)34(29-19-9-7-17-27(29)33)31-22-24-14-4-5-15-25(24)36-35(31)30-20-10-11-21-32(30)37-36/h1-22H. The van der Waals surface area contributed by atoms with Gasteiger partial charge in [-0.25, -0.2) is 0 Å². The van der Waals surface area contributed by atoms with Crippen LogP contribution >= 0.6 is 0 Å². The highest BCUT2D eigenvalue weighted by Crippen LogP contribution is 2.48. The maximum Gasteiger partial charge on any atom is 0.143 e. The van der Waals surface area contributed by atoms with Crippen LogP contribution in [0.3, 0.4) is 0 Å². The van der Waals surface area contributed by atoms with Gasteiger partial charge in [-0.2, -0.15) is 0 Å². The summed E-state index contributed by atoms with van der Waals surface area (Å²) in [7, 11) is 0. The number of para-hydroxylation sites is 1. The number of rotatable bonds is 2. The predicted molar refractivity (Wildman–Crippen MR) is 157 cm³/mol. The van der Waals surface area contributed by atoms with Crippen LogP contribution in [0.2, 0.25) is 0 Å². The highest BCUT2D eigenvalue weighted by molar-refractivity contribution is 6.28. The summed E-state index contributed by atoms with van der Waals surface area (Å²) in [6.45, 7) is 0. The molecule has 1 aromatic heterocycles. The molecule has 172 valence electrons. The van der Waals surface area contributed by atoms with E-state index in [1.807, 2.05) is 6.07 Å². The smallest absolute Gasteiger partial charge is 0.143 e. The summed E-state index contributed by atoms with van der Waals surface area (Å²) in [6, 6.07) is 47.7. The lowest BCUT2D eigenvalue weighted by atomic mass is 9.84. The van der Waals surface area contributed by atoms with Gasteiger partial charge in [-0.1, -0.05) is 121 Å². The molecule has 0 aliphatic heterocycles. The van der Waals surface area contributed by atoms with Crippen molar-refractivity contribution in [1.29, 1.82) is 0 Å². The molecule has 0 saturated carbocycles. The average molecular weight is 471 g/mol. The first kappa shape index (κ1) is 20.3. The molecule has 0 bridgehead atoms. The van der Waals surface area contributed by atoms with E-state index in [-0.39, 0.29) is 0 Å². The molecule has 1 heterocycles. The summed E-state index contributed by atoms with van der Waals surface area (Å²) in [6.07, 6.45) is 0.